The van der Waals surface area contributed by atoms with E-state index >= 15 is 0 Å². The Bertz CT molecular complexity index is 1090. The van der Waals surface area contributed by atoms with Gasteiger partial charge in [-0.2, -0.15) is 0 Å². The first-order valence-corrected chi connectivity index (χ1v) is 11.4. The van der Waals surface area contributed by atoms with Crippen LogP contribution < -0.4 is 9.47 Å². The smallest absolute Gasteiger partial charge is 0.303 e. The van der Waals surface area contributed by atoms with Crippen molar-refractivity contribution < 1.29 is 24.2 Å². The molecule has 1 fully saturated rings. The number of oxime groups is 1. The number of carboxylic acids is 1. The molecule has 0 saturated heterocycles. The maximum atomic E-state index is 11.2. The van der Waals surface area contributed by atoms with Crippen molar-refractivity contribution in [3.05, 3.63) is 95.6 Å². The summed E-state index contributed by atoms with van der Waals surface area (Å²) in [6.07, 6.45) is 2.41. The van der Waals surface area contributed by atoms with Crippen molar-refractivity contribution in [3.8, 4) is 11.5 Å². The average molecular weight is 460 g/mol. The highest BCUT2D eigenvalue weighted by Crippen LogP contribution is 2.44. The zero-order chi connectivity index (χ0) is 23.8. The molecule has 6 heteroatoms. The Morgan fingerprint density at radius 1 is 0.941 bits per heavy atom. The molecule has 1 aliphatic carbocycles. The van der Waals surface area contributed by atoms with Crippen LogP contribution in [0.2, 0.25) is 0 Å². The lowest BCUT2D eigenvalue weighted by atomic mass is 9.91. The standard InChI is InChI=1S/C28H29NO5/c1-32-29-27(23-5-3-2-4-6-23)19-34-24-13-7-20(8-14-24)18-33-25-15-11-22(12-16-25)26(17-28(30)31)21-9-10-21/h2-8,11-16,21,26H,9-10,17-19H2,1H3,(H,30,31)/b29-27+. The Morgan fingerprint density at radius 3 is 2.21 bits per heavy atom. The minimum absolute atomic E-state index is 0.0930. The molecule has 0 bridgehead atoms. The molecular formula is C28H29NO5. The molecule has 0 amide bonds. The van der Waals surface area contributed by atoms with E-state index in [2.05, 4.69) is 5.16 Å². The summed E-state index contributed by atoms with van der Waals surface area (Å²) in [5.74, 6) is 1.34. The van der Waals surface area contributed by atoms with Crippen molar-refractivity contribution in [2.45, 2.75) is 31.8 Å². The average Bonchev–Trinajstić information content (AvgIpc) is 3.71. The fraction of sp³-hybridized carbons (Fsp3) is 0.286. The van der Waals surface area contributed by atoms with Crippen LogP contribution in [0.25, 0.3) is 0 Å². The van der Waals surface area contributed by atoms with Crippen LogP contribution in [0.3, 0.4) is 0 Å². The molecule has 6 nitrogen and oxygen atoms in total. The van der Waals surface area contributed by atoms with E-state index < -0.39 is 5.97 Å². The molecule has 176 valence electrons. The highest BCUT2D eigenvalue weighted by atomic mass is 16.6. The Balaban J connectivity index is 1.29. The first-order chi connectivity index (χ1) is 16.6. The third kappa shape index (κ3) is 6.61. The predicted molar refractivity (Wildman–Crippen MR) is 130 cm³/mol. The first-order valence-electron chi connectivity index (χ1n) is 11.4. The van der Waals surface area contributed by atoms with Gasteiger partial charge in [0.15, 0.2) is 0 Å². The number of hydrogen-bond donors (Lipinski definition) is 1. The van der Waals surface area contributed by atoms with Crippen molar-refractivity contribution in [1.29, 1.82) is 0 Å². The fourth-order valence-corrected chi connectivity index (χ4v) is 3.96. The van der Waals surface area contributed by atoms with Gasteiger partial charge in [0.05, 0.1) is 6.42 Å². The summed E-state index contributed by atoms with van der Waals surface area (Å²) >= 11 is 0. The van der Waals surface area contributed by atoms with E-state index in [9.17, 15) is 9.90 Å². The summed E-state index contributed by atoms with van der Waals surface area (Å²) in [6, 6.07) is 25.3. The number of nitrogens with zero attached hydrogens (tertiary/aromatic N) is 1. The molecule has 34 heavy (non-hydrogen) atoms. The van der Waals surface area contributed by atoms with Crippen molar-refractivity contribution in [1.82, 2.24) is 0 Å². The van der Waals surface area contributed by atoms with Crippen LogP contribution in [0, 0.1) is 5.92 Å². The van der Waals surface area contributed by atoms with Crippen LogP contribution in [0.1, 0.15) is 41.9 Å². The van der Waals surface area contributed by atoms with Crippen LogP contribution in [-0.4, -0.2) is 30.5 Å². The van der Waals surface area contributed by atoms with Crippen LogP contribution in [0.5, 0.6) is 11.5 Å². The molecule has 0 spiro atoms. The molecule has 1 saturated carbocycles. The molecule has 1 N–H and O–H groups in total. The van der Waals surface area contributed by atoms with E-state index in [-0.39, 0.29) is 12.3 Å². The summed E-state index contributed by atoms with van der Waals surface area (Å²) in [6.45, 7) is 0.727. The summed E-state index contributed by atoms with van der Waals surface area (Å²) in [5.41, 5.74) is 3.76. The van der Waals surface area contributed by atoms with E-state index in [1.54, 1.807) is 0 Å². The predicted octanol–water partition coefficient (Wildman–Crippen LogP) is 5.66. The fourth-order valence-electron chi connectivity index (χ4n) is 3.96. The van der Waals surface area contributed by atoms with Gasteiger partial charge in [0.2, 0.25) is 0 Å². The quantitative estimate of drug-likeness (QED) is 0.279. The van der Waals surface area contributed by atoms with Crippen molar-refractivity contribution in [2.24, 2.45) is 11.1 Å². The van der Waals surface area contributed by atoms with Gasteiger partial charge in [-0.05, 0) is 60.1 Å². The summed E-state index contributed by atoms with van der Waals surface area (Å²) in [4.78, 5) is 16.1. The van der Waals surface area contributed by atoms with E-state index in [0.29, 0.717) is 24.8 Å². The minimum atomic E-state index is -0.744. The number of hydrogen-bond acceptors (Lipinski definition) is 5. The first kappa shape index (κ1) is 23.4. The Hall–Kier alpha value is -3.80. The Kier molecular flexibility index (Phi) is 7.81. The van der Waals surface area contributed by atoms with Gasteiger partial charge in [-0.3, -0.25) is 4.79 Å². The second-order valence-electron chi connectivity index (χ2n) is 8.42. The lowest BCUT2D eigenvalue weighted by Crippen LogP contribution is -2.13. The van der Waals surface area contributed by atoms with Crippen LogP contribution in [0.15, 0.2) is 84.0 Å². The maximum Gasteiger partial charge on any atom is 0.303 e. The molecule has 0 aromatic heterocycles. The number of rotatable bonds is 12. The topological polar surface area (TPSA) is 77.3 Å². The minimum Gasteiger partial charge on any atom is -0.489 e. The molecule has 1 unspecified atom stereocenters. The third-order valence-corrected chi connectivity index (χ3v) is 5.91. The van der Waals surface area contributed by atoms with E-state index in [4.69, 9.17) is 14.3 Å². The maximum absolute atomic E-state index is 11.2. The molecule has 0 aliphatic heterocycles. The largest absolute Gasteiger partial charge is 0.489 e. The molecule has 0 heterocycles. The second-order valence-corrected chi connectivity index (χ2v) is 8.42. The number of aliphatic carboxylic acids is 1. The SMILES string of the molecule is CO/N=C(\COc1ccc(COc2ccc(C(CC(=O)O)C3CC3)cc2)cc1)c1ccccc1. The van der Waals surface area contributed by atoms with Gasteiger partial charge in [-0.25, -0.2) is 0 Å². The molecule has 0 radical (unpaired) electrons. The molecule has 3 aromatic rings. The van der Waals surface area contributed by atoms with E-state index in [0.717, 1.165) is 41.0 Å². The van der Waals surface area contributed by atoms with Gasteiger partial charge >= 0.3 is 5.97 Å². The summed E-state index contributed by atoms with van der Waals surface area (Å²) in [5, 5.41) is 13.3. The molecule has 3 aromatic carbocycles. The zero-order valence-corrected chi connectivity index (χ0v) is 19.2. The van der Waals surface area contributed by atoms with Crippen molar-refractivity contribution in [3.63, 3.8) is 0 Å². The monoisotopic (exact) mass is 459 g/mol. The normalized spacial score (nSPS) is 14.3. The summed E-state index contributed by atoms with van der Waals surface area (Å²) < 4.78 is 11.8. The van der Waals surface area contributed by atoms with Gasteiger partial charge in [0, 0.05) is 5.56 Å². The zero-order valence-electron chi connectivity index (χ0n) is 19.2. The Labute approximate surface area is 199 Å². The van der Waals surface area contributed by atoms with Gasteiger partial charge in [0.1, 0.15) is 37.5 Å². The van der Waals surface area contributed by atoms with Gasteiger partial charge in [-0.1, -0.05) is 59.8 Å². The molecule has 4 rings (SSSR count). The molecule has 1 atom stereocenters. The lowest BCUT2D eigenvalue weighted by Gasteiger charge is -2.15. The Morgan fingerprint density at radius 2 is 1.59 bits per heavy atom. The lowest BCUT2D eigenvalue weighted by molar-refractivity contribution is -0.137. The van der Waals surface area contributed by atoms with Gasteiger partial charge in [0.25, 0.3) is 0 Å². The van der Waals surface area contributed by atoms with Crippen LogP contribution in [0.4, 0.5) is 0 Å². The van der Waals surface area contributed by atoms with Gasteiger partial charge < -0.3 is 19.4 Å². The van der Waals surface area contributed by atoms with E-state index in [1.165, 1.54) is 7.11 Å². The van der Waals surface area contributed by atoms with Gasteiger partial charge in [-0.15, -0.1) is 0 Å². The number of benzene rings is 3. The summed E-state index contributed by atoms with van der Waals surface area (Å²) in [7, 11) is 1.52. The second kappa shape index (κ2) is 11.4. The molecular weight excluding hydrogens is 430 g/mol. The number of ether oxygens (including phenoxy) is 2. The number of carboxylic acid groups (broad SMARTS) is 1. The third-order valence-electron chi connectivity index (χ3n) is 5.91. The highest BCUT2D eigenvalue weighted by molar-refractivity contribution is 6.01. The number of carbonyl (C=O) groups is 1. The van der Waals surface area contributed by atoms with Crippen LogP contribution >= 0.6 is 0 Å². The van der Waals surface area contributed by atoms with Crippen molar-refractivity contribution in [2.75, 3.05) is 13.7 Å². The highest BCUT2D eigenvalue weighted by Gasteiger charge is 2.33. The van der Waals surface area contributed by atoms with Crippen LogP contribution in [-0.2, 0) is 16.2 Å². The van der Waals surface area contributed by atoms with Crippen molar-refractivity contribution >= 4 is 11.7 Å². The van der Waals surface area contributed by atoms with E-state index in [1.807, 2.05) is 78.9 Å². The molecule has 1 aliphatic rings.